The molecule has 0 aliphatic carbocycles. The topological polar surface area (TPSA) is 94.1 Å². The van der Waals surface area contributed by atoms with E-state index in [1.54, 1.807) is 6.33 Å². The summed E-state index contributed by atoms with van der Waals surface area (Å²) in [5.41, 5.74) is 4.00. The molecule has 3 aliphatic heterocycles. The van der Waals surface area contributed by atoms with Crippen LogP contribution < -0.4 is 15.0 Å². The monoisotopic (exact) mass is 544 g/mol. The van der Waals surface area contributed by atoms with E-state index >= 15 is 0 Å². The van der Waals surface area contributed by atoms with Crippen LogP contribution in [0, 0.1) is 0 Å². The summed E-state index contributed by atoms with van der Waals surface area (Å²) in [6.45, 7) is 6.25. The molecule has 1 atom stereocenters. The van der Waals surface area contributed by atoms with Gasteiger partial charge in [-0.25, -0.2) is 14.8 Å². The molecule has 0 saturated carbocycles. The van der Waals surface area contributed by atoms with E-state index in [-0.39, 0.29) is 24.6 Å². The van der Waals surface area contributed by atoms with Crippen LogP contribution in [0.2, 0.25) is 0 Å². The number of nitrogens with zero attached hydrogens (tertiary/aromatic N) is 5. The largest absolute Gasteiger partial charge is 0.492 e. The maximum absolute atomic E-state index is 13.0. The first-order valence-electron chi connectivity index (χ1n) is 14.8. The highest BCUT2D eigenvalue weighted by Crippen LogP contribution is 2.32. The summed E-state index contributed by atoms with van der Waals surface area (Å²) in [6, 6.07) is 14.5. The standard InChI is InChI=1S/C31H40N6O3/c38-21-26-4-3-15-36(26)18-19-40-27-9-10-28-29(20-27)32-22-33-30(28)23-11-16-37(17-12-23)31(39)34-24-5-7-25(8-6-24)35-13-1-2-14-35/h5-10,20,22-23,26,38H,1-4,11-19,21H2,(H,34,39)/t26-/m0/s1. The van der Waals surface area contributed by atoms with Gasteiger partial charge in [-0.2, -0.15) is 0 Å². The van der Waals surface area contributed by atoms with E-state index in [0.717, 1.165) is 79.9 Å². The maximum Gasteiger partial charge on any atom is 0.321 e. The fraction of sp³-hybridized carbons (Fsp3) is 0.516. The van der Waals surface area contributed by atoms with E-state index in [4.69, 9.17) is 4.74 Å². The average molecular weight is 545 g/mol. The number of nitrogens with one attached hydrogen (secondary N) is 1. The second-order valence-electron chi connectivity index (χ2n) is 11.2. The molecule has 9 nitrogen and oxygen atoms in total. The number of urea groups is 1. The van der Waals surface area contributed by atoms with Gasteiger partial charge in [-0.1, -0.05) is 0 Å². The fourth-order valence-electron chi connectivity index (χ4n) is 6.44. The molecular weight excluding hydrogens is 504 g/mol. The molecule has 4 heterocycles. The van der Waals surface area contributed by atoms with Gasteiger partial charge in [0.05, 0.1) is 17.8 Å². The van der Waals surface area contributed by atoms with Crippen LogP contribution in [-0.2, 0) is 0 Å². The van der Waals surface area contributed by atoms with Crippen LogP contribution in [0.4, 0.5) is 16.2 Å². The molecule has 3 fully saturated rings. The summed E-state index contributed by atoms with van der Waals surface area (Å²) >= 11 is 0. The van der Waals surface area contributed by atoms with Crippen molar-refractivity contribution < 1.29 is 14.6 Å². The Kier molecular flexibility index (Phi) is 8.29. The van der Waals surface area contributed by atoms with Crippen molar-refractivity contribution in [2.24, 2.45) is 0 Å². The quantitative estimate of drug-likeness (QED) is 0.432. The third-order valence-corrected chi connectivity index (χ3v) is 8.75. The highest BCUT2D eigenvalue weighted by Gasteiger charge is 2.27. The van der Waals surface area contributed by atoms with Crippen molar-refractivity contribution >= 4 is 28.3 Å². The minimum Gasteiger partial charge on any atom is -0.492 e. The highest BCUT2D eigenvalue weighted by molar-refractivity contribution is 5.89. The molecule has 0 radical (unpaired) electrons. The number of aromatic nitrogens is 2. The van der Waals surface area contributed by atoms with Gasteiger partial charge in [0.25, 0.3) is 0 Å². The molecule has 2 amide bonds. The van der Waals surface area contributed by atoms with Gasteiger partial charge in [0.1, 0.15) is 18.7 Å². The number of ether oxygens (including phenoxy) is 1. The SMILES string of the molecule is O=C(Nc1ccc(N2CCCC2)cc1)N1CCC(c2ncnc3cc(OCCN4CCC[C@H]4CO)ccc23)CC1. The molecule has 0 bridgehead atoms. The Hall–Kier alpha value is -3.43. The second-order valence-corrected chi connectivity index (χ2v) is 11.2. The average Bonchev–Trinajstić information content (AvgIpc) is 3.70. The zero-order valence-electron chi connectivity index (χ0n) is 23.2. The molecule has 6 rings (SSSR count). The minimum absolute atomic E-state index is 0.0408. The van der Waals surface area contributed by atoms with Crippen molar-refractivity contribution in [2.45, 2.75) is 50.5 Å². The Balaban J connectivity index is 1.02. The number of hydrogen-bond acceptors (Lipinski definition) is 7. The predicted octanol–water partition coefficient (Wildman–Crippen LogP) is 4.48. The Morgan fingerprint density at radius 3 is 2.52 bits per heavy atom. The number of piperidine rings is 1. The number of carbonyl (C=O) groups is 1. The number of hydrogen-bond donors (Lipinski definition) is 2. The lowest BCUT2D eigenvalue weighted by molar-refractivity contribution is 0.139. The number of aliphatic hydroxyl groups is 1. The zero-order chi connectivity index (χ0) is 27.3. The van der Waals surface area contributed by atoms with Gasteiger partial charge < -0.3 is 25.0 Å². The van der Waals surface area contributed by atoms with Gasteiger partial charge in [-0.15, -0.1) is 0 Å². The lowest BCUT2D eigenvalue weighted by atomic mass is 9.91. The third kappa shape index (κ3) is 6.00. The number of fused-ring (bicyclic) bond motifs is 1. The fourth-order valence-corrected chi connectivity index (χ4v) is 6.44. The second kappa shape index (κ2) is 12.4. The highest BCUT2D eigenvalue weighted by atomic mass is 16.5. The normalized spacial score (nSPS) is 20.4. The molecular formula is C31H40N6O3. The first-order valence-corrected chi connectivity index (χ1v) is 14.8. The molecule has 212 valence electrons. The van der Waals surface area contributed by atoms with Gasteiger partial charge in [0.15, 0.2) is 0 Å². The number of rotatable bonds is 8. The summed E-state index contributed by atoms with van der Waals surface area (Å²) in [5.74, 6) is 1.09. The smallest absolute Gasteiger partial charge is 0.321 e. The van der Waals surface area contributed by atoms with Gasteiger partial charge >= 0.3 is 6.03 Å². The van der Waals surface area contributed by atoms with Gasteiger partial charge in [-0.05, 0) is 81.5 Å². The summed E-state index contributed by atoms with van der Waals surface area (Å²) < 4.78 is 6.04. The van der Waals surface area contributed by atoms with Crippen molar-refractivity contribution in [3.63, 3.8) is 0 Å². The van der Waals surface area contributed by atoms with E-state index in [1.807, 2.05) is 29.2 Å². The maximum atomic E-state index is 13.0. The molecule has 3 aromatic rings. The number of carbonyl (C=O) groups excluding carboxylic acids is 1. The van der Waals surface area contributed by atoms with Crippen LogP contribution >= 0.6 is 0 Å². The zero-order valence-corrected chi connectivity index (χ0v) is 23.2. The van der Waals surface area contributed by atoms with E-state index in [1.165, 1.54) is 18.5 Å². The van der Waals surface area contributed by atoms with Crippen LogP contribution in [0.5, 0.6) is 5.75 Å². The van der Waals surface area contributed by atoms with Crippen LogP contribution in [0.25, 0.3) is 10.9 Å². The summed E-state index contributed by atoms with van der Waals surface area (Å²) in [4.78, 5) is 28.7. The molecule has 0 spiro atoms. The van der Waals surface area contributed by atoms with Crippen molar-refractivity contribution in [2.75, 3.05) is 62.7 Å². The minimum atomic E-state index is -0.0408. The van der Waals surface area contributed by atoms with Crippen molar-refractivity contribution in [3.8, 4) is 5.75 Å². The molecule has 2 N–H and O–H groups in total. The van der Waals surface area contributed by atoms with Crippen molar-refractivity contribution in [3.05, 3.63) is 54.5 Å². The molecule has 3 aliphatic rings. The van der Waals surface area contributed by atoms with Gasteiger partial charge in [0, 0.05) is 67.5 Å². The molecule has 1 aromatic heterocycles. The number of likely N-dealkylation sites (tertiary alicyclic amines) is 2. The van der Waals surface area contributed by atoms with Crippen molar-refractivity contribution in [1.82, 2.24) is 19.8 Å². The molecule has 9 heteroatoms. The third-order valence-electron chi connectivity index (χ3n) is 8.75. The van der Waals surface area contributed by atoms with E-state index in [0.29, 0.717) is 19.7 Å². The lowest BCUT2D eigenvalue weighted by Gasteiger charge is -2.32. The Labute approximate surface area is 236 Å². The number of benzene rings is 2. The summed E-state index contributed by atoms with van der Waals surface area (Å²) in [7, 11) is 0. The van der Waals surface area contributed by atoms with Crippen LogP contribution in [0.1, 0.15) is 50.1 Å². The van der Waals surface area contributed by atoms with Crippen LogP contribution in [0.3, 0.4) is 0 Å². The van der Waals surface area contributed by atoms with E-state index < -0.39 is 0 Å². The molecule has 2 aromatic carbocycles. The number of aliphatic hydroxyl groups excluding tert-OH is 1. The summed E-state index contributed by atoms with van der Waals surface area (Å²) in [6.07, 6.45) is 8.07. The Morgan fingerprint density at radius 1 is 0.950 bits per heavy atom. The molecule has 40 heavy (non-hydrogen) atoms. The molecule has 3 saturated heterocycles. The number of amides is 2. The lowest BCUT2D eigenvalue weighted by Crippen LogP contribution is -2.40. The van der Waals surface area contributed by atoms with Crippen LogP contribution in [0.15, 0.2) is 48.8 Å². The van der Waals surface area contributed by atoms with Gasteiger partial charge in [0.2, 0.25) is 0 Å². The van der Waals surface area contributed by atoms with Crippen LogP contribution in [-0.4, -0.2) is 89.4 Å². The molecule has 0 unspecified atom stereocenters. The van der Waals surface area contributed by atoms with Crippen molar-refractivity contribution in [1.29, 1.82) is 0 Å². The first kappa shape index (κ1) is 26.8. The van der Waals surface area contributed by atoms with E-state index in [9.17, 15) is 9.90 Å². The van der Waals surface area contributed by atoms with E-state index in [2.05, 4.69) is 43.3 Å². The Bertz CT molecular complexity index is 1290. The Morgan fingerprint density at radius 2 is 1.75 bits per heavy atom. The van der Waals surface area contributed by atoms with Gasteiger partial charge in [-0.3, -0.25) is 4.90 Å². The first-order chi connectivity index (χ1) is 19.7. The summed E-state index contributed by atoms with van der Waals surface area (Å²) in [5, 5.41) is 13.7. The predicted molar refractivity (Wildman–Crippen MR) is 157 cm³/mol. The number of anilines is 2.